The second-order valence-electron chi connectivity index (χ2n) is 10.00. The van der Waals surface area contributed by atoms with Gasteiger partial charge >= 0.3 is 0 Å². The maximum atomic E-state index is 13.8. The Morgan fingerprint density at radius 2 is 1.79 bits per heavy atom. The number of benzene rings is 2. The lowest BCUT2D eigenvalue weighted by Gasteiger charge is -2.40. The van der Waals surface area contributed by atoms with Gasteiger partial charge in [-0.15, -0.1) is 22.7 Å². The molecule has 2 amide bonds. The maximum Gasteiger partial charge on any atom is 0.283 e. The molecule has 1 unspecified atom stereocenters. The van der Waals surface area contributed by atoms with Crippen LogP contribution in [0.1, 0.15) is 21.8 Å². The van der Waals surface area contributed by atoms with Gasteiger partial charge in [-0.3, -0.25) is 14.6 Å². The summed E-state index contributed by atoms with van der Waals surface area (Å²) < 4.78 is 29.9. The number of piperazine rings is 1. The molecule has 0 radical (unpaired) electrons. The minimum Gasteiger partial charge on any atom is -0.352 e. The van der Waals surface area contributed by atoms with Crippen LogP contribution in [0.15, 0.2) is 89.5 Å². The van der Waals surface area contributed by atoms with Crippen LogP contribution in [0.25, 0.3) is 20.5 Å². The van der Waals surface area contributed by atoms with Gasteiger partial charge in [-0.05, 0) is 46.8 Å². The molecule has 2 aromatic carbocycles. The molecule has 13 heteroatoms. The Labute approximate surface area is 261 Å². The summed E-state index contributed by atoms with van der Waals surface area (Å²) in [5, 5.41) is 4.50. The first-order chi connectivity index (χ1) is 20.8. The van der Waals surface area contributed by atoms with E-state index < -0.39 is 16.1 Å². The van der Waals surface area contributed by atoms with Gasteiger partial charge in [-0.1, -0.05) is 48.0 Å². The number of aromatic nitrogens is 2. The van der Waals surface area contributed by atoms with E-state index >= 15 is 0 Å². The summed E-state index contributed by atoms with van der Waals surface area (Å²) in [4.78, 5) is 37.6. The number of fused-ring (bicyclic) bond motifs is 1. The number of pyridine rings is 1. The number of carbonyl (C=O) groups is 2. The zero-order valence-corrected chi connectivity index (χ0v) is 25.9. The van der Waals surface area contributed by atoms with E-state index in [4.69, 9.17) is 11.6 Å². The molecule has 1 atom stereocenters. The smallest absolute Gasteiger partial charge is 0.283 e. The van der Waals surface area contributed by atoms with Gasteiger partial charge < -0.3 is 10.2 Å². The Balaban J connectivity index is 1.24. The van der Waals surface area contributed by atoms with Crippen molar-refractivity contribution in [2.45, 2.75) is 23.2 Å². The first-order valence-corrected chi connectivity index (χ1v) is 16.9. The Morgan fingerprint density at radius 1 is 1.00 bits per heavy atom. The highest BCUT2D eigenvalue weighted by Gasteiger charge is 2.39. The second-order valence-corrected chi connectivity index (χ2v) is 14.7. The fourth-order valence-electron chi connectivity index (χ4n) is 4.95. The Morgan fingerprint density at radius 3 is 2.58 bits per heavy atom. The van der Waals surface area contributed by atoms with Crippen LogP contribution >= 0.6 is 34.3 Å². The largest absolute Gasteiger partial charge is 0.352 e. The summed E-state index contributed by atoms with van der Waals surface area (Å²) in [6.07, 6.45) is 4.93. The van der Waals surface area contributed by atoms with Gasteiger partial charge in [0.15, 0.2) is 5.01 Å². The zero-order valence-electron chi connectivity index (χ0n) is 22.7. The van der Waals surface area contributed by atoms with Crippen molar-refractivity contribution in [3.8, 4) is 10.4 Å². The van der Waals surface area contributed by atoms with Gasteiger partial charge in [0.05, 0.1) is 10.9 Å². The van der Waals surface area contributed by atoms with Gasteiger partial charge in [-0.2, -0.15) is 4.31 Å². The number of rotatable bonds is 8. The summed E-state index contributed by atoms with van der Waals surface area (Å²) in [6, 6.07) is 19.4. The minimum absolute atomic E-state index is 0.0234. The van der Waals surface area contributed by atoms with Gasteiger partial charge in [0, 0.05) is 60.9 Å². The van der Waals surface area contributed by atoms with Crippen LogP contribution in [0.5, 0.6) is 0 Å². The molecule has 3 aromatic heterocycles. The molecular weight excluding hydrogens is 626 g/mol. The molecule has 0 bridgehead atoms. The van der Waals surface area contributed by atoms with Crippen molar-refractivity contribution in [1.29, 1.82) is 0 Å². The number of carbonyl (C=O) groups excluding carboxylic acids is 2. The molecule has 1 aliphatic rings. The number of thiophene rings is 1. The van der Waals surface area contributed by atoms with Crippen molar-refractivity contribution in [3.63, 3.8) is 0 Å². The first kappa shape index (κ1) is 29.4. The van der Waals surface area contributed by atoms with Crippen LogP contribution in [-0.2, 0) is 21.4 Å². The molecule has 1 fully saturated rings. The van der Waals surface area contributed by atoms with E-state index in [2.05, 4.69) is 15.3 Å². The summed E-state index contributed by atoms with van der Waals surface area (Å²) in [6.45, 7) is 0.516. The van der Waals surface area contributed by atoms with E-state index in [9.17, 15) is 18.0 Å². The van der Waals surface area contributed by atoms with E-state index in [0.29, 0.717) is 11.6 Å². The summed E-state index contributed by atoms with van der Waals surface area (Å²) in [5.74, 6) is -0.612. The summed E-state index contributed by atoms with van der Waals surface area (Å²) in [5.41, 5.74) is 1.83. The molecule has 4 heterocycles. The predicted molar refractivity (Wildman–Crippen MR) is 169 cm³/mol. The molecule has 220 valence electrons. The summed E-state index contributed by atoms with van der Waals surface area (Å²) in [7, 11) is -3.89. The third-order valence-electron chi connectivity index (χ3n) is 7.17. The quantitative estimate of drug-likeness (QED) is 0.244. The highest BCUT2D eigenvalue weighted by molar-refractivity contribution is 7.91. The summed E-state index contributed by atoms with van der Waals surface area (Å²) >= 11 is 8.52. The van der Waals surface area contributed by atoms with Crippen LogP contribution in [0.3, 0.4) is 0 Å². The van der Waals surface area contributed by atoms with Gasteiger partial charge in [0.2, 0.25) is 5.91 Å². The van der Waals surface area contributed by atoms with E-state index in [-0.39, 0.29) is 47.1 Å². The number of nitrogens with zero attached hydrogens (tertiary/aromatic N) is 4. The van der Waals surface area contributed by atoms with E-state index in [1.54, 1.807) is 47.8 Å². The van der Waals surface area contributed by atoms with Crippen molar-refractivity contribution in [2.24, 2.45) is 0 Å². The molecule has 43 heavy (non-hydrogen) atoms. The van der Waals surface area contributed by atoms with Crippen molar-refractivity contribution in [1.82, 2.24) is 24.5 Å². The van der Waals surface area contributed by atoms with Gasteiger partial charge in [0.25, 0.3) is 15.9 Å². The molecule has 0 spiro atoms. The monoisotopic (exact) mass is 651 g/mol. The normalized spacial score (nSPS) is 15.9. The number of halogens is 1. The lowest BCUT2D eigenvalue weighted by molar-refractivity contribution is -0.122. The average Bonchev–Trinajstić information content (AvgIpc) is 3.69. The molecular formula is C30H26ClN5O4S3. The molecule has 1 aliphatic heterocycles. The van der Waals surface area contributed by atoms with Crippen LogP contribution in [-0.4, -0.2) is 65.1 Å². The van der Waals surface area contributed by atoms with Crippen LogP contribution in [0.4, 0.5) is 0 Å². The fourth-order valence-corrected chi connectivity index (χ4v) is 9.13. The number of thiazole rings is 1. The van der Waals surface area contributed by atoms with Gasteiger partial charge in [0.1, 0.15) is 4.21 Å². The number of amides is 2. The highest BCUT2D eigenvalue weighted by atomic mass is 35.5. The number of hydrogen-bond donors (Lipinski definition) is 1. The second kappa shape index (κ2) is 12.5. The molecule has 9 nitrogen and oxygen atoms in total. The Bertz CT molecular complexity index is 1880. The molecule has 1 N–H and O–H groups in total. The van der Waals surface area contributed by atoms with Crippen LogP contribution in [0, 0.1) is 0 Å². The van der Waals surface area contributed by atoms with Crippen molar-refractivity contribution >= 4 is 66.2 Å². The number of nitrogens with one attached hydrogen (secondary N) is 1. The van der Waals surface area contributed by atoms with Crippen LogP contribution < -0.4 is 5.32 Å². The third-order valence-corrected chi connectivity index (χ3v) is 11.8. The SMILES string of the molecule is O=C(CC1CN(S(=O)(=O)c2cc3ccc(Cl)cc3s2)CCN1C(=O)c1ncc(-c2ccncc2)s1)NCc1ccccc1. The van der Waals surface area contributed by atoms with Crippen molar-refractivity contribution in [2.75, 3.05) is 19.6 Å². The minimum atomic E-state index is -3.89. The number of sulfonamides is 1. The van der Waals surface area contributed by atoms with Crippen molar-refractivity contribution < 1.29 is 18.0 Å². The molecule has 1 saturated heterocycles. The molecule has 5 aromatic rings. The van der Waals surface area contributed by atoms with Gasteiger partial charge in [-0.25, -0.2) is 13.4 Å². The predicted octanol–water partition coefficient (Wildman–Crippen LogP) is 5.30. The number of hydrogen-bond acceptors (Lipinski definition) is 8. The third kappa shape index (κ3) is 6.48. The zero-order chi connectivity index (χ0) is 30.0. The molecule has 0 saturated carbocycles. The maximum absolute atomic E-state index is 13.8. The van der Waals surface area contributed by atoms with Crippen molar-refractivity contribution in [3.05, 3.63) is 101 Å². The van der Waals surface area contributed by atoms with E-state index in [1.807, 2.05) is 42.5 Å². The lowest BCUT2D eigenvalue weighted by Crippen LogP contribution is -2.57. The van der Waals surface area contributed by atoms with E-state index in [1.165, 1.54) is 15.6 Å². The Hall–Kier alpha value is -3.68. The average molecular weight is 652 g/mol. The Kier molecular flexibility index (Phi) is 8.55. The highest BCUT2D eigenvalue weighted by Crippen LogP contribution is 2.34. The molecule has 0 aliphatic carbocycles. The fraction of sp³-hybridized carbons (Fsp3) is 0.200. The lowest BCUT2D eigenvalue weighted by atomic mass is 10.1. The standard InChI is InChI=1S/C30H26ClN5O4S3/c31-23-7-6-22-14-28(41-25(22)15-23)43(39,40)35-12-13-36(24(19-35)16-27(37)33-17-20-4-2-1-3-5-20)30(38)29-34-18-26(42-29)21-8-10-32-11-9-21/h1-11,14-15,18,24H,12-13,16-17,19H2,(H,33,37). The first-order valence-electron chi connectivity index (χ1n) is 13.4. The van der Waals surface area contributed by atoms with E-state index in [0.717, 1.165) is 37.4 Å². The molecule has 6 rings (SSSR count). The van der Waals surface area contributed by atoms with Crippen LogP contribution in [0.2, 0.25) is 5.02 Å². The topological polar surface area (TPSA) is 113 Å².